The highest BCUT2D eigenvalue weighted by Crippen LogP contribution is 2.27. The molecule has 0 bridgehead atoms. The Morgan fingerprint density at radius 2 is 1.81 bits per heavy atom. The molecule has 26 heavy (non-hydrogen) atoms. The second-order valence-electron chi connectivity index (χ2n) is 6.21. The van der Waals surface area contributed by atoms with E-state index in [1.165, 1.54) is 0 Å². The largest absolute Gasteiger partial charge is 0.324 e. The number of carbonyl (C=O) groups is 1. The van der Waals surface area contributed by atoms with Gasteiger partial charge in [-0.05, 0) is 55.7 Å². The second kappa shape index (κ2) is 8.10. The first kappa shape index (κ1) is 20.3. The molecule has 2 rings (SSSR count). The second-order valence-corrected chi connectivity index (χ2v) is 8.47. The van der Waals surface area contributed by atoms with Crippen LogP contribution in [0.5, 0.6) is 0 Å². The summed E-state index contributed by atoms with van der Waals surface area (Å²) in [5.74, 6) is -0.420. The first-order valence-electron chi connectivity index (χ1n) is 8.29. The van der Waals surface area contributed by atoms with E-state index in [1.807, 2.05) is 26.0 Å². The summed E-state index contributed by atoms with van der Waals surface area (Å²) in [7, 11) is -3.68. The van der Waals surface area contributed by atoms with Crippen molar-refractivity contribution in [2.75, 3.05) is 15.9 Å². The zero-order chi connectivity index (χ0) is 19.5. The van der Waals surface area contributed by atoms with Crippen molar-refractivity contribution >= 4 is 38.9 Å². The van der Waals surface area contributed by atoms with E-state index >= 15 is 0 Å². The highest BCUT2D eigenvalue weighted by molar-refractivity contribution is 7.92. The Morgan fingerprint density at radius 3 is 2.31 bits per heavy atom. The molecule has 5 nitrogen and oxygen atoms in total. The summed E-state index contributed by atoms with van der Waals surface area (Å²) in [6.45, 7) is 5.42. The molecule has 0 radical (unpaired) electrons. The summed E-state index contributed by atoms with van der Waals surface area (Å²) in [5.41, 5.74) is 2.96. The van der Waals surface area contributed by atoms with Crippen LogP contribution in [-0.2, 0) is 21.2 Å². The average Bonchev–Trinajstić information content (AvgIpc) is 2.57. The third-order valence-corrected chi connectivity index (χ3v) is 5.78. The number of aryl methyl sites for hydroxylation is 2. The normalized spacial score (nSPS) is 12.5. The molecule has 0 saturated heterocycles. The highest BCUT2D eigenvalue weighted by atomic mass is 35.5. The van der Waals surface area contributed by atoms with E-state index in [-0.39, 0.29) is 0 Å². The van der Waals surface area contributed by atoms with Crippen molar-refractivity contribution in [3.63, 3.8) is 0 Å². The molecule has 140 valence electrons. The van der Waals surface area contributed by atoms with E-state index in [9.17, 15) is 13.2 Å². The van der Waals surface area contributed by atoms with Gasteiger partial charge in [-0.15, -0.1) is 0 Å². The third-order valence-electron chi connectivity index (χ3n) is 4.13. The fraction of sp³-hybridized carbons (Fsp3) is 0.316. The lowest BCUT2D eigenvalue weighted by Crippen LogP contribution is -2.45. The fourth-order valence-electron chi connectivity index (χ4n) is 2.60. The standard InChI is InChI=1S/C19H23ClN2O3S/c1-5-15-7-9-16(10-8-15)21-19(23)14(3)22(26(4,24)25)17-11-6-13(2)18(20)12-17/h6-12,14H,5H2,1-4H3,(H,21,23)/t14-/m1/s1. The molecular formula is C19H23ClN2O3S. The number of amides is 1. The Hall–Kier alpha value is -2.05. The lowest BCUT2D eigenvalue weighted by atomic mass is 10.1. The van der Waals surface area contributed by atoms with Crippen molar-refractivity contribution < 1.29 is 13.2 Å². The van der Waals surface area contributed by atoms with Gasteiger partial charge < -0.3 is 5.32 Å². The molecule has 0 spiro atoms. The molecule has 7 heteroatoms. The summed E-state index contributed by atoms with van der Waals surface area (Å²) in [5, 5.41) is 3.21. The molecule has 0 unspecified atom stereocenters. The number of nitrogens with one attached hydrogen (secondary N) is 1. The quantitative estimate of drug-likeness (QED) is 0.805. The fourth-order valence-corrected chi connectivity index (χ4v) is 3.94. The lowest BCUT2D eigenvalue weighted by Gasteiger charge is -2.28. The number of hydrogen-bond acceptors (Lipinski definition) is 3. The van der Waals surface area contributed by atoms with Crippen LogP contribution in [0.15, 0.2) is 42.5 Å². The van der Waals surface area contributed by atoms with Crippen LogP contribution in [0.2, 0.25) is 5.02 Å². The number of sulfonamides is 1. The number of halogens is 1. The van der Waals surface area contributed by atoms with Crippen LogP contribution in [0, 0.1) is 6.92 Å². The number of benzene rings is 2. The number of hydrogen-bond donors (Lipinski definition) is 1. The van der Waals surface area contributed by atoms with Gasteiger partial charge in [0.05, 0.1) is 11.9 Å². The minimum absolute atomic E-state index is 0.354. The molecule has 0 aliphatic carbocycles. The minimum Gasteiger partial charge on any atom is -0.324 e. The van der Waals surface area contributed by atoms with E-state index < -0.39 is 22.0 Å². The van der Waals surface area contributed by atoms with Crippen molar-refractivity contribution in [3.05, 3.63) is 58.6 Å². The summed E-state index contributed by atoms with van der Waals surface area (Å²) in [4.78, 5) is 12.6. The maximum atomic E-state index is 12.6. The van der Waals surface area contributed by atoms with Gasteiger partial charge in [-0.25, -0.2) is 8.42 Å². The summed E-state index contributed by atoms with van der Waals surface area (Å²) < 4.78 is 25.7. The van der Waals surface area contributed by atoms with Gasteiger partial charge >= 0.3 is 0 Å². The first-order chi connectivity index (χ1) is 12.1. The lowest BCUT2D eigenvalue weighted by molar-refractivity contribution is -0.116. The van der Waals surface area contributed by atoms with Gasteiger partial charge in [-0.1, -0.05) is 36.7 Å². The van der Waals surface area contributed by atoms with Crippen molar-refractivity contribution in [1.82, 2.24) is 0 Å². The SMILES string of the molecule is CCc1ccc(NC(=O)[C@@H](C)N(c2ccc(C)c(Cl)c2)S(C)(=O)=O)cc1. The van der Waals surface area contributed by atoms with Crippen LogP contribution in [0.4, 0.5) is 11.4 Å². The van der Waals surface area contributed by atoms with Crippen molar-refractivity contribution in [2.45, 2.75) is 33.2 Å². The van der Waals surface area contributed by atoms with Gasteiger partial charge in [0.15, 0.2) is 0 Å². The van der Waals surface area contributed by atoms with Crippen LogP contribution in [0.1, 0.15) is 25.0 Å². The zero-order valence-electron chi connectivity index (χ0n) is 15.3. The monoisotopic (exact) mass is 394 g/mol. The Morgan fingerprint density at radius 1 is 1.19 bits per heavy atom. The predicted molar refractivity (Wildman–Crippen MR) is 107 cm³/mol. The van der Waals surface area contributed by atoms with E-state index in [0.717, 1.165) is 28.1 Å². The van der Waals surface area contributed by atoms with Gasteiger partial charge in [-0.2, -0.15) is 0 Å². The van der Waals surface area contributed by atoms with E-state index in [1.54, 1.807) is 37.3 Å². The summed E-state index contributed by atoms with van der Waals surface area (Å²) >= 11 is 6.13. The molecule has 0 aromatic heterocycles. The third kappa shape index (κ3) is 4.77. The Kier molecular flexibility index (Phi) is 6.31. The van der Waals surface area contributed by atoms with Gasteiger partial charge in [-0.3, -0.25) is 9.10 Å². The Labute approximate surface area is 160 Å². The van der Waals surface area contributed by atoms with Crippen LogP contribution < -0.4 is 9.62 Å². The van der Waals surface area contributed by atoms with Crippen LogP contribution in [-0.4, -0.2) is 26.6 Å². The number of anilines is 2. The molecule has 0 aliphatic heterocycles. The van der Waals surface area contributed by atoms with Gasteiger partial charge in [0.1, 0.15) is 6.04 Å². The van der Waals surface area contributed by atoms with E-state index in [2.05, 4.69) is 5.32 Å². The molecule has 0 fully saturated rings. The smallest absolute Gasteiger partial charge is 0.247 e. The van der Waals surface area contributed by atoms with Crippen molar-refractivity contribution in [2.24, 2.45) is 0 Å². The van der Waals surface area contributed by atoms with Crippen LogP contribution in [0.25, 0.3) is 0 Å². The molecule has 0 heterocycles. The number of carbonyl (C=O) groups excluding carboxylic acids is 1. The molecule has 2 aromatic rings. The van der Waals surface area contributed by atoms with Crippen LogP contribution >= 0.6 is 11.6 Å². The number of nitrogens with zero attached hydrogens (tertiary/aromatic N) is 1. The van der Waals surface area contributed by atoms with Gasteiger partial charge in [0.25, 0.3) is 0 Å². The van der Waals surface area contributed by atoms with Gasteiger partial charge in [0, 0.05) is 10.7 Å². The Balaban J connectivity index is 2.29. The Bertz CT molecular complexity index is 896. The molecule has 2 aromatic carbocycles. The predicted octanol–water partition coefficient (Wildman–Crippen LogP) is 4.00. The maximum Gasteiger partial charge on any atom is 0.247 e. The minimum atomic E-state index is -3.68. The van der Waals surface area contributed by atoms with Crippen molar-refractivity contribution in [3.8, 4) is 0 Å². The average molecular weight is 395 g/mol. The van der Waals surface area contributed by atoms with E-state index in [4.69, 9.17) is 11.6 Å². The molecule has 0 saturated carbocycles. The molecule has 1 atom stereocenters. The van der Waals surface area contributed by atoms with Crippen molar-refractivity contribution in [1.29, 1.82) is 0 Å². The first-order valence-corrected chi connectivity index (χ1v) is 10.5. The molecule has 1 amide bonds. The number of rotatable bonds is 6. The molecular weight excluding hydrogens is 372 g/mol. The topological polar surface area (TPSA) is 66.5 Å². The molecule has 0 aliphatic rings. The summed E-state index contributed by atoms with van der Waals surface area (Å²) in [6.07, 6.45) is 1.97. The van der Waals surface area contributed by atoms with Crippen LogP contribution in [0.3, 0.4) is 0 Å². The zero-order valence-corrected chi connectivity index (χ0v) is 16.9. The summed E-state index contributed by atoms with van der Waals surface area (Å²) in [6, 6.07) is 11.4. The molecule has 1 N–H and O–H groups in total. The maximum absolute atomic E-state index is 12.6. The van der Waals surface area contributed by atoms with Gasteiger partial charge in [0.2, 0.25) is 15.9 Å². The van der Waals surface area contributed by atoms with E-state index in [0.29, 0.717) is 16.4 Å². The highest BCUT2D eigenvalue weighted by Gasteiger charge is 2.29.